The summed E-state index contributed by atoms with van der Waals surface area (Å²) in [7, 11) is 0. The number of oxazole rings is 1. The maximum Gasteiger partial charge on any atom is 0.271 e. The van der Waals surface area contributed by atoms with Crippen LogP contribution in [0, 0.1) is 0 Å². The summed E-state index contributed by atoms with van der Waals surface area (Å²) in [5.74, 6) is 1.15. The Morgan fingerprint density at radius 2 is 1.64 bits per heavy atom. The maximum absolute atomic E-state index is 12.9. The zero-order valence-electron chi connectivity index (χ0n) is 14.8. The van der Waals surface area contributed by atoms with E-state index < -0.39 is 0 Å². The van der Waals surface area contributed by atoms with Gasteiger partial charge >= 0.3 is 0 Å². The van der Waals surface area contributed by atoms with E-state index in [0.29, 0.717) is 21.9 Å². The zero-order chi connectivity index (χ0) is 18.9. The van der Waals surface area contributed by atoms with Crippen LogP contribution in [0.1, 0.15) is 5.89 Å². The molecule has 0 fully saturated rings. The van der Waals surface area contributed by atoms with Crippen LogP contribution in [0.2, 0.25) is 0 Å². The van der Waals surface area contributed by atoms with Gasteiger partial charge in [0.2, 0.25) is 5.89 Å². The molecule has 136 valence electrons. The third-order valence-corrected chi connectivity index (χ3v) is 5.64. The maximum atomic E-state index is 12.9. The van der Waals surface area contributed by atoms with E-state index in [0.717, 1.165) is 16.0 Å². The molecule has 5 rings (SSSR count). The van der Waals surface area contributed by atoms with Crippen molar-refractivity contribution in [3.63, 3.8) is 0 Å². The molecule has 0 aliphatic carbocycles. The van der Waals surface area contributed by atoms with Crippen LogP contribution >= 0.6 is 11.3 Å². The quantitative estimate of drug-likeness (QED) is 0.445. The van der Waals surface area contributed by atoms with Gasteiger partial charge in [0.25, 0.3) is 5.56 Å². The number of fused-ring (bicyclic) bond motifs is 1. The zero-order valence-corrected chi connectivity index (χ0v) is 15.6. The fourth-order valence-electron chi connectivity index (χ4n) is 3.07. The molecule has 6 heteroatoms. The summed E-state index contributed by atoms with van der Waals surface area (Å²) in [5, 5.41) is 0. The Kier molecular flexibility index (Phi) is 4.10. The van der Waals surface area contributed by atoms with E-state index >= 15 is 0 Å². The van der Waals surface area contributed by atoms with Gasteiger partial charge in [0, 0.05) is 10.4 Å². The van der Waals surface area contributed by atoms with Crippen LogP contribution < -0.4 is 5.56 Å². The smallest absolute Gasteiger partial charge is 0.271 e. The average molecular weight is 385 g/mol. The largest absolute Gasteiger partial charge is 0.439 e. The lowest BCUT2D eigenvalue weighted by Crippen LogP contribution is -2.20. The van der Waals surface area contributed by atoms with E-state index in [9.17, 15) is 4.79 Å². The van der Waals surface area contributed by atoms with Gasteiger partial charge in [0.15, 0.2) is 5.76 Å². The van der Waals surface area contributed by atoms with Crippen molar-refractivity contribution < 1.29 is 4.42 Å². The molecule has 0 radical (unpaired) electrons. The lowest BCUT2D eigenvalue weighted by Gasteiger charge is -2.01. The van der Waals surface area contributed by atoms with Gasteiger partial charge in [-0.05, 0) is 11.6 Å². The van der Waals surface area contributed by atoms with Crippen LogP contribution in [0.4, 0.5) is 0 Å². The molecule has 0 saturated carbocycles. The minimum Gasteiger partial charge on any atom is -0.439 e. The Bertz CT molecular complexity index is 1300. The first-order valence-electron chi connectivity index (χ1n) is 8.82. The molecule has 0 unspecified atom stereocenters. The van der Waals surface area contributed by atoms with Gasteiger partial charge in [-0.3, -0.25) is 9.36 Å². The Balaban J connectivity index is 1.48. The molecule has 0 N–H and O–H groups in total. The van der Waals surface area contributed by atoms with Gasteiger partial charge < -0.3 is 4.42 Å². The van der Waals surface area contributed by atoms with Gasteiger partial charge in [-0.15, -0.1) is 11.3 Å². The normalized spacial score (nSPS) is 11.1. The van der Waals surface area contributed by atoms with E-state index in [1.54, 1.807) is 12.5 Å². The average Bonchev–Trinajstić information content (AvgIpc) is 3.39. The lowest BCUT2D eigenvalue weighted by atomic mass is 10.2. The second kappa shape index (κ2) is 6.90. The summed E-state index contributed by atoms with van der Waals surface area (Å²) < 4.78 is 7.99. The molecule has 5 aromatic rings. The SMILES string of the molecule is O=c1c2sc(-c3ccccc3)cc2ncn1Cc1ncc(-c2ccccc2)o1. The second-order valence-corrected chi connectivity index (χ2v) is 7.41. The number of aromatic nitrogens is 3. The summed E-state index contributed by atoms with van der Waals surface area (Å²) in [6.45, 7) is 0.243. The number of nitrogens with zero attached hydrogens (tertiary/aromatic N) is 3. The predicted molar refractivity (Wildman–Crippen MR) is 110 cm³/mol. The first kappa shape index (κ1) is 16.6. The molecule has 0 saturated heterocycles. The van der Waals surface area contributed by atoms with Crippen LogP contribution in [0.3, 0.4) is 0 Å². The summed E-state index contributed by atoms with van der Waals surface area (Å²) >= 11 is 1.46. The molecule has 2 aromatic carbocycles. The number of rotatable bonds is 4. The summed E-state index contributed by atoms with van der Waals surface area (Å²) in [4.78, 5) is 22.7. The molecule has 0 amide bonds. The van der Waals surface area contributed by atoms with Crippen molar-refractivity contribution in [1.29, 1.82) is 0 Å². The Morgan fingerprint density at radius 1 is 0.929 bits per heavy atom. The first-order chi connectivity index (χ1) is 13.8. The van der Waals surface area contributed by atoms with Crippen molar-refractivity contribution in [2.24, 2.45) is 0 Å². The van der Waals surface area contributed by atoms with E-state index in [4.69, 9.17) is 4.42 Å². The third-order valence-electron chi connectivity index (χ3n) is 4.48. The summed E-state index contributed by atoms with van der Waals surface area (Å²) in [6.07, 6.45) is 3.23. The molecule has 28 heavy (non-hydrogen) atoms. The molecule has 0 atom stereocenters. The second-order valence-electron chi connectivity index (χ2n) is 6.35. The fraction of sp³-hybridized carbons (Fsp3) is 0.0455. The topological polar surface area (TPSA) is 60.9 Å². The van der Waals surface area contributed by atoms with E-state index in [-0.39, 0.29) is 12.1 Å². The minimum absolute atomic E-state index is 0.0864. The highest BCUT2D eigenvalue weighted by atomic mass is 32.1. The lowest BCUT2D eigenvalue weighted by molar-refractivity contribution is 0.484. The van der Waals surface area contributed by atoms with Crippen molar-refractivity contribution >= 4 is 21.6 Å². The predicted octanol–water partition coefficient (Wildman–Crippen LogP) is 4.83. The van der Waals surface area contributed by atoms with Gasteiger partial charge in [-0.1, -0.05) is 60.7 Å². The van der Waals surface area contributed by atoms with Gasteiger partial charge in [0.05, 0.1) is 18.0 Å². The molecular weight excluding hydrogens is 370 g/mol. The van der Waals surface area contributed by atoms with Crippen LogP contribution in [-0.4, -0.2) is 14.5 Å². The monoisotopic (exact) mass is 385 g/mol. The molecule has 5 nitrogen and oxygen atoms in total. The Hall–Kier alpha value is -3.51. The Labute approximate surface area is 164 Å². The molecule has 3 aromatic heterocycles. The Morgan fingerprint density at radius 3 is 2.39 bits per heavy atom. The van der Waals surface area contributed by atoms with Crippen molar-refractivity contribution in [3.05, 3.63) is 95.5 Å². The molecule has 3 heterocycles. The molecule has 0 spiro atoms. The standard InChI is InChI=1S/C22H15N3O2S/c26-22-21-17(11-19(28-21)16-9-5-2-6-10-16)24-14-25(22)13-20-23-12-18(27-20)15-7-3-1-4-8-15/h1-12,14H,13H2. The molecule has 0 aliphatic heterocycles. The molecular formula is C22H15N3O2S. The van der Waals surface area contributed by atoms with Crippen molar-refractivity contribution in [3.8, 4) is 21.8 Å². The van der Waals surface area contributed by atoms with Crippen molar-refractivity contribution in [1.82, 2.24) is 14.5 Å². The van der Waals surface area contributed by atoms with Crippen LogP contribution in [-0.2, 0) is 6.54 Å². The van der Waals surface area contributed by atoms with E-state index in [1.165, 1.54) is 15.9 Å². The van der Waals surface area contributed by atoms with E-state index in [1.807, 2.05) is 66.7 Å². The minimum atomic E-state index is -0.0864. The molecule has 0 aliphatic rings. The van der Waals surface area contributed by atoms with Gasteiger partial charge in [-0.2, -0.15) is 0 Å². The van der Waals surface area contributed by atoms with Crippen LogP contribution in [0.15, 0.2) is 88.5 Å². The van der Waals surface area contributed by atoms with Gasteiger partial charge in [0.1, 0.15) is 11.2 Å². The number of hydrogen-bond donors (Lipinski definition) is 0. The number of hydrogen-bond acceptors (Lipinski definition) is 5. The highest BCUT2D eigenvalue weighted by molar-refractivity contribution is 7.22. The van der Waals surface area contributed by atoms with Gasteiger partial charge in [-0.25, -0.2) is 9.97 Å². The van der Waals surface area contributed by atoms with Crippen molar-refractivity contribution in [2.75, 3.05) is 0 Å². The highest BCUT2D eigenvalue weighted by Gasteiger charge is 2.13. The third kappa shape index (κ3) is 3.04. The van der Waals surface area contributed by atoms with E-state index in [2.05, 4.69) is 9.97 Å². The van der Waals surface area contributed by atoms with Crippen molar-refractivity contribution in [2.45, 2.75) is 6.54 Å². The highest BCUT2D eigenvalue weighted by Crippen LogP contribution is 2.30. The summed E-state index contributed by atoms with van der Waals surface area (Å²) in [6, 6.07) is 21.7. The molecule has 0 bridgehead atoms. The first-order valence-corrected chi connectivity index (χ1v) is 9.64. The fourth-order valence-corrected chi connectivity index (χ4v) is 4.13. The summed E-state index contributed by atoms with van der Waals surface area (Å²) in [5.41, 5.74) is 2.66. The number of benzene rings is 2. The van der Waals surface area contributed by atoms with Crippen LogP contribution in [0.5, 0.6) is 0 Å². The van der Waals surface area contributed by atoms with Crippen LogP contribution in [0.25, 0.3) is 32.0 Å². The number of thiophene rings is 1.